The Labute approximate surface area is 206 Å². The molecule has 1 saturated heterocycles. The molecule has 0 radical (unpaired) electrons. The van der Waals surface area contributed by atoms with Gasteiger partial charge < -0.3 is 9.80 Å². The molecule has 5 rings (SSSR count). The van der Waals surface area contributed by atoms with E-state index in [4.69, 9.17) is 0 Å². The van der Waals surface area contributed by atoms with Crippen LogP contribution in [0.4, 0.5) is 5.82 Å². The second kappa shape index (κ2) is 9.15. The van der Waals surface area contributed by atoms with Gasteiger partial charge in [0, 0.05) is 42.4 Å². The molecule has 34 heavy (non-hydrogen) atoms. The molecule has 1 fully saturated rings. The van der Waals surface area contributed by atoms with Crippen molar-refractivity contribution in [3.8, 4) is 0 Å². The standard InChI is InChI=1S/C25H21BrN4O3S/c26-21-5-1-20-16-23(8-4-19(20)15-21)34(32,33)22-6-2-18(3-7-22)25(31)30-13-11-29(12-14-30)24-9-10-27-17-28-24/h1-10,15-17H,11-14H2. The van der Waals surface area contributed by atoms with Crippen molar-refractivity contribution in [2.24, 2.45) is 0 Å². The molecule has 7 nitrogen and oxygen atoms in total. The van der Waals surface area contributed by atoms with Gasteiger partial charge in [-0.1, -0.05) is 28.1 Å². The summed E-state index contributed by atoms with van der Waals surface area (Å²) in [6.45, 7) is 2.48. The maximum atomic E-state index is 13.2. The van der Waals surface area contributed by atoms with Crippen molar-refractivity contribution in [3.63, 3.8) is 0 Å². The first-order valence-electron chi connectivity index (χ1n) is 10.8. The number of amides is 1. The van der Waals surface area contributed by atoms with Gasteiger partial charge in [-0.05, 0) is 65.4 Å². The van der Waals surface area contributed by atoms with Gasteiger partial charge in [0.1, 0.15) is 12.1 Å². The lowest BCUT2D eigenvalue weighted by Crippen LogP contribution is -2.49. The summed E-state index contributed by atoms with van der Waals surface area (Å²) in [5, 5.41) is 1.80. The van der Waals surface area contributed by atoms with E-state index in [1.54, 1.807) is 41.4 Å². The van der Waals surface area contributed by atoms with Crippen LogP contribution in [0.2, 0.25) is 0 Å². The topological polar surface area (TPSA) is 83.5 Å². The summed E-state index contributed by atoms with van der Waals surface area (Å²) in [7, 11) is -3.70. The molecule has 1 amide bonds. The van der Waals surface area contributed by atoms with Gasteiger partial charge in [-0.15, -0.1) is 0 Å². The second-order valence-electron chi connectivity index (χ2n) is 8.03. The molecule has 3 aromatic carbocycles. The van der Waals surface area contributed by atoms with Crippen LogP contribution >= 0.6 is 15.9 Å². The molecule has 172 valence electrons. The van der Waals surface area contributed by atoms with Gasteiger partial charge in [-0.3, -0.25) is 4.79 Å². The van der Waals surface area contributed by atoms with E-state index in [0.29, 0.717) is 31.7 Å². The average molecular weight is 537 g/mol. The van der Waals surface area contributed by atoms with Gasteiger partial charge in [-0.2, -0.15) is 0 Å². The SMILES string of the molecule is O=C(c1ccc(S(=O)(=O)c2ccc3cc(Br)ccc3c2)cc1)N1CCN(c2ccncn2)CC1. The van der Waals surface area contributed by atoms with Crippen LogP contribution in [0.3, 0.4) is 0 Å². The fourth-order valence-corrected chi connectivity index (χ4v) is 5.74. The summed E-state index contributed by atoms with van der Waals surface area (Å²) in [6.07, 6.45) is 3.21. The first-order chi connectivity index (χ1) is 16.4. The van der Waals surface area contributed by atoms with Crippen molar-refractivity contribution < 1.29 is 13.2 Å². The lowest BCUT2D eigenvalue weighted by molar-refractivity contribution is 0.0746. The van der Waals surface area contributed by atoms with E-state index in [0.717, 1.165) is 21.1 Å². The molecule has 0 atom stereocenters. The molecule has 2 heterocycles. The number of fused-ring (bicyclic) bond motifs is 1. The fraction of sp³-hybridized carbons (Fsp3) is 0.160. The van der Waals surface area contributed by atoms with Crippen LogP contribution in [0.25, 0.3) is 10.8 Å². The number of halogens is 1. The van der Waals surface area contributed by atoms with Crippen LogP contribution < -0.4 is 4.90 Å². The second-order valence-corrected chi connectivity index (χ2v) is 10.9. The molecular formula is C25H21BrN4O3S. The van der Waals surface area contributed by atoms with Gasteiger partial charge in [-0.25, -0.2) is 18.4 Å². The van der Waals surface area contributed by atoms with Crippen LogP contribution in [0.5, 0.6) is 0 Å². The molecule has 0 unspecified atom stereocenters. The Kier molecular flexibility index (Phi) is 6.05. The Morgan fingerprint density at radius 2 is 1.50 bits per heavy atom. The summed E-state index contributed by atoms with van der Waals surface area (Å²) in [5.74, 6) is 0.737. The molecule has 1 aromatic heterocycles. The van der Waals surface area contributed by atoms with E-state index in [2.05, 4.69) is 30.8 Å². The zero-order chi connectivity index (χ0) is 23.7. The molecule has 0 spiro atoms. The van der Waals surface area contributed by atoms with Gasteiger partial charge in [0.05, 0.1) is 9.79 Å². The number of hydrogen-bond donors (Lipinski definition) is 0. The zero-order valence-electron chi connectivity index (χ0n) is 18.1. The van der Waals surface area contributed by atoms with E-state index in [1.807, 2.05) is 24.3 Å². The molecule has 1 aliphatic rings. The third-order valence-corrected chi connectivity index (χ3v) is 8.21. The molecule has 0 saturated carbocycles. The number of anilines is 1. The van der Waals surface area contributed by atoms with Crippen molar-refractivity contribution in [2.75, 3.05) is 31.1 Å². The molecule has 0 aliphatic carbocycles. The minimum Gasteiger partial charge on any atom is -0.353 e. The van der Waals surface area contributed by atoms with Crippen molar-refractivity contribution in [3.05, 3.63) is 89.3 Å². The Balaban J connectivity index is 1.30. The van der Waals surface area contributed by atoms with E-state index < -0.39 is 9.84 Å². The van der Waals surface area contributed by atoms with Gasteiger partial charge in [0.15, 0.2) is 0 Å². The number of nitrogens with zero attached hydrogens (tertiary/aromatic N) is 4. The summed E-state index contributed by atoms with van der Waals surface area (Å²) in [4.78, 5) is 25.5. The maximum absolute atomic E-state index is 13.2. The van der Waals surface area contributed by atoms with Crippen molar-refractivity contribution in [1.82, 2.24) is 14.9 Å². The van der Waals surface area contributed by atoms with Crippen LogP contribution in [0, 0.1) is 0 Å². The average Bonchev–Trinajstić information content (AvgIpc) is 2.88. The van der Waals surface area contributed by atoms with Crippen LogP contribution in [0.15, 0.2) is 93.5 Å². The van der Waals surface area contributed by atoms with Crippen LogP contribution in [-0.2, 0) is 9.84 Å². The Morgan fingerprint density at radius 3 is 2.21 bits per heavy atom. The lowest BCUT2D eigenvalue weighted by atomic mass is 10.1. The van der Waals surface area contributed by atoms with E-state index >= 15 is 0 Å². The normalized spacial score (nSPS) is 14.4. The smallest absolute Gasteiger partial charge is 0.253 e. The molecule has 1 aliphatic heterocycles. The summed E-state index contributed by atoms with van der Waals surface area (Å²) >= 11 is 3.43. The van der Waals surface area contributed by atoms with Crippen molar-refractivity contribution in [2.45, 2.75) is 9.79 Å². The van der Waals surface area contributed by atoms with Gasteiger partial charge in [0.2, 0.25) is 9.84 Å². The third kappa shape index (κ3) is 4.41. The first kappa shape index (κ1) is 22.5. The summed E-state index contributed by atoms with van der Waals surface area (Å²) < 4.78 is 27.3. The highest BCUT2D eigenvalue weighted by Crippen LogP contribution is 2.27. The Morgan fingerprint density at radius 1 is 0.824 bits per heavy atom. The lowest BCUT2D eigenvalue weighted by Gasteiger charge is -2.35. The number of benzene rings is 3. The molecule has 0 bridgehead atoms. The predicted molar refractivity (Wildman–Crippen MR) is 134 cm³/mol. The highest BCUT2D eigenvalue weighted by atomic mass is 79.9. The Bertz CT molecular complexity index is 1450. The van der Waals surface area contributed by atoms with E-state index in [9.17, 15) is 13.2 Å². The number of hydrogen-bond acceptors (Lipinski definition) is 6. The van der Waals surface area contributed by atoms with Crippen LogP contribution in [-0.4, -0.2) is 55.4 Å². The number of rotatable bonds is 4. The zero-order valence-corrected chi connectivity index (χ0v) is 20.5. The molecule has 4 aromatic rings. The van der Waals surface area contributed by atoms with Gasteiger partial charge >= 0.3 is 0 Å². The number of carbonyl (C=O) groups is 1. The predicted octanol–water partition coefficient (Wildman–Crippen LogP) is 4.19. The summed E-state index contributed by atoms with van der Waals surface area (Å²) in [5.41, 5.74) is 0.470. The third-order valence-electron chi connectivity index (χ3n) is 5.95. The quantitative estimate of drug-likeness (QED) is 0.389. The number of carbonyl (C=O) groups excluding carboxylic acids is 1. The maximum Gasteiger partial charge on any atom is 0.253 e. The minimum atomic E-state index is -3.70. The van der Waals surface area contributed by atoms with Crippen molar-refractivity contribution >= 4 is 48.3 Å². The number of aromatic nitrogens is 2. The van der Waals surface area contributed by atoms with E-state index in [1.165, 1.54) is 18.5 Å². The van der Waals surface area contributed by atoms with E-state index in [-0.39, 0.29) is 15.7 Å². The molecular weight excluding hydrogens is 516 g/mol. The van der Waals surface area contributed by atoms with Crippen molar-refractivity contribution in [1.29, 1.82) is 0 Å². The first-order valence-corrected chi connectivity index (χ1v) is 13.0. The molecule has 9 heteroatoms. The van der Waals surface area contributed by atoms with Gasteiger partial charge in [0.25, 0.3) is 5.91 Å². The minimum absolute atomic E-state index is 0.109. The largest absolute Gasteiger partial charge is 0.353 e. The number of sulfone groups is 1. The Hall–Kier alpha value is -3.30. The molecule has 0 N–H and O–H groups in total. The number of piperazine rings is 1. The summed E-state index contributed by atoms with van der Waals surface area (Å²) in [6, 6.07) is 18.8. The highest BCUT2D eigenvalue weighted by Gasteiger charge is 2.24. The highest BCUT2D eigenvalue weighted by molar-refractivity contribution is 9.10. The van der Waals surface area contributed by atoms with Crippen LogP contribution in [0.1, 0.15) is 10.4 Å². The monoisotopic (exact) mass is 536 g/mol. The fourth-order valence-electron chi connectivity index (χ4n) is 4.07.